The number of aliphatic hydroxyl groups is 1. The number of rotatable bonds is 8. The van der Waals surface area contributed by atoms with Gasteiger partial charge in [-0.3, -0.25) is 0 Å². The first-order valence-electron chi connectivity index (χ1n) is 9.60. The summed E-state index contributed by atoms with van der Waals surface area (Å²) in [5, 5.41) is 25.5. The largest absolute Gasteiger partial charge is 0.392 e. The van der Waals surface area contributed by atoms with Crippen molar-refractivity contribution >= 4 is 12.4 Å². The summed E-state index contributed by atoms with van der Waals surface area (Å²) in [6, 6.07) is 26.3. The lowest BCUT2D eigenvalue weighted by Gasteiger charge is -2.06. The molecule has 0 atom stereocenters. The second-order valence-electron chi connectivity index (χ2n) is 6.91. The minimum absolute atomic E-state index is 0. The van der Waals surface area contributed by atoms with E-state index in [-0.39, 0.29) is 19.0 Å². The number of nitrogens with zero attached hydrogens (tertiary/aromatic N) is 4. The summed E-state index contributed by atoms with van der Waals surface area (Å²) in [6.07, 6.45) is 0. The van der Waals surface area contributed by atoms with Gasteiger partial charge in [0.1, 0.15) is 0 Å². The lowest BCUT2D eigenvalue weighted by molar-refractivity contribution is 0.282. The van der Waals surface area contributed by atoms with Crippen LogP contribution in [0.15, 0.2) is 78.9 Å². The number of nitrogens with one attached hydrogen (secondary N) is 1. The van der Waals surface area contributed by atoms with Crippen molar-refractivity contribution in [2.45, 2.75) is 26.2 Å². The minimum Gasteiger partial charge on any atom is -0.392 e. The van der Waals surface area contributed by atoms with Gasteiger partial charge in [-0.25, -0.2) is 0 Å². The Morgan fingerprint density at radius 3 is 2.23 bits per heavy atom. The van der Waals surface area contributed by atoms with Crippen LogP contribution in [0.1, 0.15) is 22.3 Å². The molecule has 0 saturated heterocycles. The molecule has 0 fully saturated rings. The Bertz CT molecular complexity index is 1050. The molecule has 154 valence electrons. The van der Waals surface area contributed by atoms with Crippen LogP contribution in [0.4, 0.5) is 0 Å². The highest BCUT2D eigenvalue weighted by atomic mass is 35.5. The maximum absolute atomic E-state index is 9.14. The van der Waals surface area contributed by atoms with Gasteiger partial charge in [0.25, 0.3) is 0 Å². The van der Waals surface area contributed by atoms with E-state index in [2.05, 4.69) is 45.0 Å². The maximum atomic E-state index is 9.14. The first kappa shape index (κ1) is 21.6. The van der Waals surface area contributed by atoms with Crippen molar-refractivity contribution in [1.29, 1.82) is 0 Å². The van der Waals surface area contributed by atoms with E-state index in [1.165, 1.54) is 11.1 Å². The van der Waals surface area contributed by atoms with Gasteiger partial charge < -0.3 is 10.4 Å². The molecule has 4 rings (SSSR count). The fourth-order valence-electron chi connectivity index (χ4n) is 3.11. The predicted molar refractivity (Wildman–Crippen MR) is 119 cm³/mol. The highest BCUT2D eigenvalue weighted by Crippen LogP contribution is 2.16. The molecule has 0 amide bonds. The monoisotopic (exact) mass is 421 g/mol. The average molecular weight is 422 g/mol. The molecule has 0 unspecified atom stereocenters. The zero-order valence-electron chi connectivity index (χ0n) is 16.5. The van der Waals surface area contributed by atoms with Crippen LogP contribution < -0.4 is 5.32 Å². The Hall–Kier alpha value is -3.06. The molecule has 0 aliphatic heterocycles. The maximum Gasteiger partial charge on any atom is 0.204 e. The molecule has 4 aromatic rings. The average Bonchev–Trinajstić information content (AvgIpc) is 3.24. The zero-order valence-corrected chi connectivity index (χ0v) is 17.3. The molecule has 1 heterocycles. The zero-order chi connectivity index (χ0) is 19.9. The number of aliphatic hydroxyl groups excluding tert-OH is 1. The summed E-state index contributed by atoms with van der Waals surface area (Å²) in [5.41, 5.74) is 5.34. The molecule has 7 heteroatoms. The van der Waals surface area contributed by atoms with Crippen molar-refractivity contribution in [3.8, 4) is 11.4 Å². The first-order chi connectivity index (χ1) is 14.3. The predicted octanol–water partition coefficient (Wildman–Crippen LogP) is 3.59. The van der Waals surface area contributed by atoms with Crippen molar-refractivity contribution in [3.63, 3.8) is 0 Å². The van der Waals surface area contributed by atoms with Gasteiger partial charge in [-0.2, -0.15) is 4.80 Å². The van der Waals surface area contributed by atoms with Crippen LogP contribution in [-0.4, -0.2) is 25.3 Å². The van der Waals surface area contributed by atoms with Crippen LogP contribution in [0.2, 0.25) is 0 Å². The van der Waals surface area contributed by atoms with Gasteiger partial charge in [-0.1, -0.05) is 72.8 Å². The highest BCUT2D eigenvalue weighted by Gasteiger charge is 2.07. The van der Waals surface area contributed by atoms with Crippen LogP contribution in [-0.2, 0) is 26.2 Å². The van der Waals surface area contributed by atoms with Crippen molar-refractivity contribution in [1.82, 2.24) is 25.5 Å². The normalized spacial score (nSPS) is 10.6. The third-order valence-corrected chi connectivity index (χ3v) is 4.67. The van der Waals surface area contributed by atoms with E-state index in [4.69, 9.17) is 5.11 Å². The van der Waals surface area contributed by atoms with E-state index in [0.717, 1.165) is 29.8 Å². The summed E-state index contributed by atoms with van der Waals surface area (Å²) in [5.74, 6) is 0.613. The molecular formula is C23H24ClN5O. The van der Waals surface area contributed by atoms with Crippen LogP contribution in [0.25, 0.3) is 11.4 Å². The van der Waals surface area contributed by atoms with Gasteiger partial charge in [0, 0.05) is 18.7 Å². The Morgan fingerprint density at radius 1 is 0.767 bits per heavy atom. The minimum atomic E-state index is 0. The molecule has 2 N–H and O–H groups in total. The van der Waals surface area contributed by atoms with E-state index < -0.39 is 0 Å². The Labute approximate surface area is 182 Å². The molecule has 0 spiro atoms. The van der Waals surface area contributed by atoms with Crippen LogP contribution in [0.5, 0.6) is 0 Å². The highest BCUT2D eigenvalue weighted by molar-refractivity contribution is 5.85. The van der Waals surface area contributed by atoms with Crippen molar-refractivity contribution in [3.05, 3.63) is 101 Å². The van der Waals surface area contributed by atoms with Crippen LogP contribution >= 0.6 is 12.4 Å². The van der Waals surface area contributed by atoms with Crippen molar-refractivity contribution in [2.75, 3.05) is 0 Å². The molecule has 0 aliphatic carbocycles. The molecule has 0 bridgehead atoms. The SMILES string of the molecule is Cl.OCc1ccc(Cn2nnc(-c3cccc(CNCc4ccccc4)c3)n2)cc1. The van der Waals surface area contributed by atoms with E-state index >= 15 is 0 Å². The van der Waals surface area contributed by atoms with Gasteiger partial charge >= 0.3 is 0 Å². The number of aromatic nitrogens is 4. The van der Waals surface area contributed by atoms with E-state index in [1.54, 1.807) is 4.80 Å². The summed E-state index contributed by atoms with van der Waals surface area (Å²) in [6.45, 7) is 2.18. The van der Waals surface area contributed by atoms with Gasteiger partial charge in [0.05, 0.1) is 13.2 Å². The lowest BCUT2D eigenvalue weighted by Crippen LogP contribution is -2.12. The van der Waals surface area contributed by atoms with E-state index in [9.17, 15) is 0 Å². The van der Waals surface area contributed by atoms with Gasteiger partial charge in [0.15, 0.2) is 0 Å². The summed E-state index contributed by atoms with van der Waals surface area (Å²) < 4.78 is 0. The molecule has 0 radical (unpaired) electrons. The van der Waals surface area contributed by atoms with Crippen molar-refractivity contribution < 1.29 is 5.11 Å². The Balaban J connectivity index is 0.00000256. The number of halogens is 1. The molecular weight excluding hydrogens is 398 g/mol. The summed E-state index contributed by atoms with van der Waals surface area (Å²) in [4.78, 5) is 1.59. The molecule has 6 nitrogen and oxygen atoms in total. The molecule has 0 aliphatic rings. The van der Waals surface area contributed by atoms with Gasteiger partial charge in [-0.15, -0.1) is 22.6 Å². The topological polar surface area (TPSA) is 75.9 Å². The quantitative estimate of drug-likeness (QED) is 0.454. The summed E-state index contributed by atoms with van der Waals surface area (Å²) >= 11 is 0. The number of hydrogen-bond donors (Lipinski definition) is 2. The smallest absolute Gasteiger partial charge is 0.204 e. The number of benzene rings is 3. The number of hydrogen-bond acceptors (Lipinski definition) is 5. The second-order valence-corrected chi connectivity index (χ2v) is 6.91. The fourth-order valence-corrected chi connectivity index (χ4v) is 3.11. The standard InChI is InChI=1S/C23H23N5O.ClH/c29-17-20-11-9-19(10-12-20)16-28-26-23(25-27-28)22-8-4-7-21(13-22)15-24-14-18-5-2-1-3-6-18;/h1-13,24,29H,14-17H2;1H. The lowest BCUT2D eigenvalue weighted by atomic mass is 10.1. The van der Waals surface area contributed by atoms with Crippen molar-refractivity contribution in [2.24, 2.45) is 0 Å². The fraction of sp³-hybridized carbons (Fsp3) is 0.174. The molecule has 30 heavy (non-hydrogen) atoms. The first-order valence-corrected chi connectivity index (χ1v) is 9.60. The molecule has 3 aromatic carbocycles. The van der Waals surface area contributed by atoms with Gasteiger partial charge in [-0.05, 0) is 33.5 Å². The van der Waals surface area contributed by atoms with E-state index in [1.807, 2.05) is 54.6 Å². The third-order valence-electron chi connectivity index (χ3n) is 4.67. The second kappa shape index (κ2) is 10.6. The van der Waals surface area contributed by atoms with Crippen LogP contribution in [0, 0.1) is 0 Å². The molecule has 1 aromatic heterocycles. The Morgan fingerprint density at radius 2 is 1.47 bits per heavy atom. The third kappa shape index (κ3) is 5.73. The Kier molecular flexibility index (Phi) is 7.68. The molecule has 0 saturated carbocycles. The van der Waals surface area contributed by atoms with Crippen LogP contribution in [0.3, 0.4) is 0 Å². The van der Waals surface area contributed by atoms with E-state index in [0.29, 0.717) is 12.4 Å². The number of tetrazole rings is 1. The summed E-state index contributed by atoms with van der Waals surface area (Å²) in [7, 11) is 0. The van der Waals surface area contributed by atoms with Gasteiger partial charge in [0.2, 0.25) is 5.82 Å².